The molecule has 1 unspecified atom stereocenters. The highest BCUT2D eigenvalue weighted by Gasteiger charge is 2.12. The van der Waals surface area contributed by atoms with E-state index in [0.29, 0.717) is 0 Å². The fourth-order valence-electron chi connectivity index (χ4n) is 1.95. The molecule has 1 atom stereocenters. The summed E-state index contributed by atoms with van der Waals surface area (Å²) < 4.78 is 2.90. The van der Waals surface area contributed by atoms with Crippen LogP contribution in [0, 0.1) is 0 Å². The number of nitrogens with one attached hydrogen (secondary N) is 1. The van der Waals surface area contributed by atoms with Crippen molar-refractivity contribution in [1.82, 2.24) is 14.8 Å². The SMILES string of the molecule is CC(Nc1cccnc1-n1cccn1)c1ccc(Br)s1. The molecule has 0 bridgehead atoms. The lowest BCUT2D eigenvalue weighted by Crippen LogP contribution is -2.09. The molecule has 102 valence electrons. The molecule has 4 nitrogen and oxygen atoms in total. The Morgan fingerprint density at radius 2 is 2.15 bits per heavy atom. The Morgan fingerprint density at radius 3 is 2.85 bits per heavy atom. The number of nitrogens with zero attached hydrogens (tertiary/aromatic N) is 3. The fourth-order valence-corrected chi connectivity index (χ4v) is 3.38. The van der Waals surface area contributed by atoms with Gasteiger partial charge in [0.15, 0.2) is 5.82 Å². The van der Waals surface area contributed by atoms with E-state index in [-0.39, 0.29) is 6.04 Å². The zero-order valence-electron chi connectivity index (χ0n) is 10.8. The molecule has 0 aromatic carbocycles. The van der Waals surface area contributed by atoms with E-state index in [9.17, 15) is 0 Å². The van der Waals surface area contributed by atoms with Gasteiger partial charge in [-0.3, -0.25) is 0 Å². The molecule has 3 aromatic heterocycles. The first-order valence-electron chi connectivity index (χ1n) is 6.21. The molecular weight excluding hydrogens is 336 g/mol. The van der Waals surface area contributed by atoms with Gasteiger partial charge in [-0.1, -0.05) is 0 Å². The van der Waals surface area contributed by atoms with E-state index in [1.807, 2.05) is 24.4 Å². The van der Waals surface area contributed by atoms with Crippen LogP contribution in [0.5, 0.6) is 0 Å². The Morgan fingerprint density at radius 1 is 1.25 bits per heavy atom. The van der Waals surface area contributed by atoms with E-state index in [4.69, 9.17) is 0 Å². The Labute approximate surface area is 129 Å². The summed E-state index contributed by atoms with van der Waals surface area (Å²) in [5.41, 5.74) is 0.966. The van der Waals surface area contributed by atoms with Gasteiger partial charge in [0, 0.05) is 23.5 Å². The zero-order valence-corrected chi connectivity index (χ0v) is 13.2. The number of hydrogen-bond donors (Lipinski definition) is 1. The van der Waals surface area contributed by atoms with Gasteiger partial charge >= 0.3 is 0 Å². The quantitative estimate of drug-likeness (QED) is 0.765. The standard InChI is InChI=1S/C14H13BrN4S/c1-10(12-5-6-13(15)20-12)18-11-4-2-7-16-14(11)19-9-3-8-17-19/h2-10,18H,1H3. The molecule has 0 spiro atoms. The van der Waals surface area contributed by atoms with Gasteiger partial charge < -0.3 is 5.32 Å². The second-order valence-electron chi connectivity index (χ2n) is 4.33. The summed E-state index contributed by atoms with van der Waals surface area (Å²) in [7, 11) is 0. The van der Waals surface area contributed by atoms with Crippen molar-refractivity contribution in [3.63, 3.8) is 0 Å². The average Bonchev–Trinajstić information content (AvgIpc) is 3.10. The molecule has 6 heteroatoms. The minimum atomic E-state index is 0.213. The molecule has 0 fully saturated rings. The first-order valence-corrected chi connectivity index (χ1v) is 7.82. The molecule has 3 aromatic rings. The van der Waals surface area contributed by atoms with E-state index in [1.54, 1.807) is 28.4 Å². The molecule has 20 heavy (non-hydrogen) atoms. The van der Waals surface area contributed by atoms with Gasteiger partial charge in [0.25, 0.3) is 0 Å². The third-order valence-electron chi connectivity index (χ3n) is 2.90. The van der Waals surface area contributed by atoms with Gasteiger partial charge in [0.2, 0.25) is 0 Å². The molecule has 0 radical (unpaired) electrons. The van der Waals surface area contributed by atoms with Crippen molar-refractivity contribution in [1.29, 1.82) is 0 Å². The van der Waals surface area contributed by atoms with Crippen LogP contribution in [0.25, 0.3) is 5.82 Å². The van der Waals surface area contributed by atoms with Crippen LogP contribution in [0.1, 0.15) is 17.8 Å². The lowest BCUT2D eigenvalue weighted by Gasteiger charge is -2.16. The van der Waals surface area contributed by atoms with Gasteiger partial charge in [-0.2, -0.15) is 5.10 Å². The number of halogens is 1. The van der Waals surface area contributed by atoms with Crippen LogP contribution in [0.2, 0.25) is 0 Å². The maximum atomic E-state index is 4.41. The minimum Gasteiger partial charge on any atom is -0.375 e. The van der Waals surface area contributed by atoms with Gasteiger partial charge in [-0.15, -0.1) is 11.3 Å². The summed E-state index contributed by atoms with van der Waals surface area (Å²) in [5.74, 6) is 0.806. The zero-order chi connectivity index (χ0) is 13.9. The van der Waals surface area contributed by atoms with Crippen molar-refractivity contribution in [2.75, 3.05) is 5.32 Å². The summed E-state index contributed by atoms with van der Waals surface area (Å²) in [6, 6.07) is 10.2. The predicted molar refractivity (Wildman–Crippen MR) is 85.4 cm³/mol. The van der Waals surface area contributed by atoms with Crippen molar-refractivity contribution in [2.45, 2.75) is 13.0 Å². The van der Waals surface area contributed by atoms with E-state index >= 15 is 0 Å². The van der Waals surface area contributed by atoms with E-state index in [1.165, 1.54) is 4.88 Å². The smallest absolute Gasteiger partial charge is 0.176 e. The lowest BCUT2D eigenvalue weighted by molar-refractivity contribution is 0.834. The van der Waals surface area contributed by atoms with Crippen molar-refractivity contribution in [3.8, 4) is 5.82 Å². The number of thiophene rings is 1. The molecule has 0 aliphatic rings. The highest BCUT2D eigenvalue weighted by Crippen LogP contribution is 2.30. The van der Waals surface area contributed by atoms with Crippen LogP contribution in [0.4, 0.5) is 5.69 Å². The van der Waals surface area contributed by atoms with Crippen LogP contribution >= 0.6 is 27.3 Å². The highest BCUT2D eigenvalue weighted by atomic mass is 79.9. The third kappa shape index (κ3) is 2.76. The Balaban J connectivity index is 1.88. The Bertz CT molecular complexity index is 693. The average molecular weight is 349 g/mol. The molecule has 0 saturated carbocycles. The van der Waals surface area contributed by atoms with Crippen LogP contribution in [0.3, 0.4) is 0 Å². The molecule has 0 amide bonds. The molecular formula is C14H13BrN4S. The second kappa shape index (κ2) is 5.76. The summed E-state index contributed by atoms with van der Waals surface area (Å²) in [6.07, 6.45) is 5.41. The van der Waals surface area contributed by atoms with Crippen LogP contribution in [-0.4, -0.2) is 14.8 Å². The normalized spacial score (nSPS) is 12.3. The van der Waals surface area contributed by atoms with Crippen molar-refractivity contribution in [2.24, 2.45) is 0 Å². The largest absolute Gasteiger partial charge is 0.375 e. The highest BCUT2D eigenvalue weighted by molar-refractivity contribution is 9.11. The Kier molecular flexibility index (Phi) is 3.84. The summed E-state index contributed by atoms with van der Waals surface area (Å²) in [6.45, 7) is 2.14. The van der Waals surface area contributed by atoms with Crippen LogP contribution in [-0.2, 0) is 0 Å². The molecule has 1 N–H and O–H groups in total. The van der Waals surface area contributed by atoms with Gasteiger partial charge in [-0.25, -0.2) is 9.67 Å². The fraction of sp³-hybridized carbons (Fsp3) is 0.143. The van der Waals surface area contributed by atoms with E-state index < -0.39 is 0 Å². The number of rotatable bonds is 4. The topological polar surface area (TPSA) is 42.7 Å². The maximum Gasteiger partial charge on any atom is 0.176 e. The minimum absolute atomic E-state index is 0.213. The van der Waals surface area contributed by atoms with Crippen molar-refractivity contribution in [3.05, 3.63) is 57.6 Å². The molecule has 0 aliphatic carbocycles. The van der Waals surface area contributed by atoms with Gasteiger partial charge in [0.1, 0.15) is 0 Å². The third-order valence-corrected chi connectivity index (χ3v) is 4.71. The molecule has 0 aliphatic heterocycles. The lowest BCUT2D eigenvalue weighted by atomic mass is 10.2. The van der Waals surface area contributed by atoms with Gasteiger partial charge in [-0.05, 0) is 53.2 Å². The Hall–Kier alpha value is -1.66. The summed E-state index contributed by atoms with van der Waals surface area (Å²) in [4.78, 5) is 5.68. The second-order valence-corrected chi connectivity index (χ2v) is 6.83. The summed E-state index contributed by atoms with van der Waals surface area (Å²) in [5, 5.41) is 7.74. The number of anilines is 1. The van der Waals surface area contributed by atoms with Crippen LogP contribution < -0.4 is 5.32 Å². The summed E-state index contributed by atoms with van der Waals surface area (Å²) >= 11 is 5.23. The number of aromatic nitrogens is 3. The van der Waals surface area contributed by atoms with Crippen molar-refractivity contribution < 1.29 is 0 Å². The first-order chi connectivity index (χ1) is 9.74. The number of hydrogen-bond acceptors (Lipinski definition) is 4. The maximum absolute atomic E-state index is 4.41. The van der Waals surface area contributed by atoms with Crippen molar-refractivity contribution >= 4 is 33.0 Å². The van der Waals surface area contributed by atoms with Gasteiger partial charge in [0.05, 0.1) is 15.5 Å². The number of pyridine rings is 1. The monoisotopic (exact) mass is 348 g/mol. The molecule has 3 rings (SSSR count). The van der Waals surface area contributed by atoms with Crippen LogP contribution in [0.15, 0.2) is 52.7 Å². The molecule has 3 heterocycles. The predicted octanol–water partition coefficient (Wildman–Crippen LogP) is 4.26. The molecule has 0 saturated heterocycles. The van der Waals surface area contributed by atoms with E-state index in [0.717, 1.165) is 15.3 Å². The first kappa shape index (κ1) is 13.3. The van der Waals surface area contributed by atoms with E-state index in [2.05, 4.69) is 50.4 Å².